The van der Waals surface area contributed by atoms with Crippen LogP contribution in [-0.4, -0.2) is 68.3 Å². The van der Waals surface area contributed by atoms with Gasteiger partial charge in [0.2, 0.25) is 0 Å². The molecule has 1 fully saturated rings. The van der Waals surface area contributed by atoms with Gasteiger partial charge in [0.1, 0.15) is 19.0 Å². The molecule has 2 aliphatic rings. The first-order chi connectivity index (χ1) is 16.0. The van der Waals surface area contributed by atoms with E-state index in [9.17, 15) is 19.5 Å². The predicted molar refractivity (Wildman–Crippen MR) is 116 cm³/mol. The summed E-state index contributed by atoms with van der Waals surface area (Å²) in [6.45, 7) is 1.13. The average Bonchev–Trinajstić information content (AvgIpc) is 3.11. The normalized spacial score (nSPS) is 19.0. The highest BCUT2D eigenvalue weighted by atomic mass is 16.6. The van der Waals surface area contributed by atoms with E-state index in [2.05, 4.69) is 0 Å². The zero-order valence-electron chi connectivity index (χ0n) is 18.2. The molecule has 0 aliphatic carbocycles. The van der Waals surface area contributed by atoms with Gasteiger partial charge in [-0.15, -0.1) is 0 Å². The summed E-state index contributed by atoms with van der Waals surface area (Å²) in [5, 5.41) is 11.1. The Balaban J connectivity index is 1.80. The number of likely N-dealkylation sites (tertiary alicyclic amines) is 1. The van der Waals surface area contributed by atoms with Crippen LogP contribution in [0.4, 0.5) is 0 Å². The molecule has 4 rings (SSSR count). The van der Waals surface area contributed by atoms with Crippen LogP contribution in [0.25, 0.3) is 5.76 Å². The molecule has 1 atom stereocenters. The lowest BCUT2D eigenvalue weighted by Crippen LogP contribution is -2.32. The van der Waals surface area contributed by atoms with Crippen LogP contribution in [0.1, 0.15) is 27.5 Å². The Morgan fingerprint density at radius 3 is 2.36 bits per heavy atom. The molecule has 2 heterocycles. The molecule has 2 aromatic carbocycles. The Bertz CT molecular complexity index is 1120. The molecule has 0 aromatic heterocycles. The zero-order chi connectivity index (χ0) is 23.5. The minimum atomic E-state index is -0.861. The Morgan fingerprint density at radius 2 is 1.70 bits per heavy atom. The summed E-state index contributed by atoms with van der Waals surface area (Å²) in [5.41, 5.74) is 1.14. The number of carbonyl (C=O) groups excluding carboxylic acids is 3. The maximum absolute atomic E-state index is 13.0. The van der Waals surface area contributed by atoms with E-state index in [1.165, 1.54) is 19.1 Å². The van der Waals surface area contributed by atoms with Gasteiger partial charge in [-0.05, 0) is 35.9 Å². The second-order valence-corrected chi connectivity index (χ2v) is 7.46. The first kappa shape index (κ1) is 22.3. The van der Waals surface area contributed by atoms with Gasteiger partial charge in [0.15, 0.2) is 11.5 Å². The van der Waals surface area contributed by atoms with E-state index >= 15 is 0 Å². The Hall–Kier alpha value is -3.85. The summed E-state index contributed by atoms with van der Waals surface area (Å²) < 4.78 is 20.9. The molecule has 2 aromatic rings. The van der Waals surface area contributed by atoms with Gasteiger partial charge in [-0.2, -0.15) is 0 Å². The number of ketones is 1. The van der Waals surface area contributed by atoms with E-state index in [0.717, 1.165) is 0 Å². The van der Waals surface area contributed by atoms with Crippen LogP contribution in [-0.2, 0) is 19.1 Å². The van der Waals surface area contributed by atoms with Gasteiger partial charge in [0.25, 0.3) is 11.7 Å². The number of hydrogen-bond donors (Lipinski definition) is 1. The molecule has 1 saturated heterocycles. The number of fused-ring (bicyclic) bond motifs is 1. The van der Waals surface area contributed by atoms with Gasteiger partial charge in [0.05, 0.1) is 30.9 Å². The average molecular weight is 453 g/mol. The second kappa shape index (κ2) is 9.33. The third kappa shape index (κ3) is 4.14. The van der Waals surface area contributed by atoms with E-state index < -0.39 is 23.7 Å². The van der Waals surface area contributed by atoms with Crippen molar-refractivity contribution in [1.82, 2.24) is 4.90 Å². The molecule has 0 radical (unpaired) electrons. The molecule has 33 heavy (non-hydrogen) atoms. The fourth-order valence-corrected chi connectivity index (χ4v) is 3.91. The molecule has 0 saturated carbocycles. The van der Waals surface area contributed by atoms with Gasteiger partial charge in [-0.1, -0.05) is 12.1 Å². The SMILES string of the molecule is COCCN1C(=O)C(=O)/C(=C(\O)c2ccc3c(c2)OCCO3)C1c1ccc(C(=O)OC)cc1. The van der Waals surface area contributed by atoms with Gasteiger partial charge in [-0.3, -0.25) is 9.59 Å². The van der Waals surface area contributed by atoms with Crippen molar-refractivity contribution in [2.24, 2.45) is 0 Å². The molecule has 172 valence electrons. The molecule has 9 nitrogen and oxygen atoms in total. The topological polar surface area (TPSA) is 112 Å². The predicted octanol–water partition coefficient (Wildman–Crippen LogP) is 2.31. The zero-order valence-corrected chi connectivity index (χ0v) is 18.2. The van der Waals surface area contributed by atoms with Crippen LogP contribution >= 0.6 is 0 Å². The number of benzene rings is 2. The summed E-state index contributed by atoms with van der Waals surface area (Å²) in [7, 11) is 2.77. The first-order valence-electron chi connectivity index (χ1n) is 10.3. The monoisotopic (exact) mass is 453 g/mol. The summed E-state index contributed by atoms with van der Waals surface area (Å²) in [6, 6.07) is 10.3. The maximum atomic E-state index is 13.0. The highest BCUT2D eigenvalue weighted by Gasteiger charge is 2.46. The molecule has 1 N–H and O–H groups in total. The minimum absolute atomic E-state index is 0.0569. The highest BCUT2D eigenvalue weighted by molar-refractivity contribution is 6.46. The van der Waals surface area contributed by atoms with E-state index in [0.29, 0.717) is 41.4 Å². The summed E-state index contributed by atoms with van der Waals surface area (Å²) in [4.78, 5) is 39.0. The number of carbonyl (C=O) groups is 3. The lowest BCUT2D eigenvalue weighted by molar-refractivity contribution is -0.140. The van der Waals surface area contributed by atoms with Crippen LogP contribution in [0, 0.1) is 0 Å². The third-order valence-corrected chi connectivity index (χ3v) is 5.54. The molecule has 0 spiro atoms. The number of methoxy groups -OCH3 is 2. The number of Topliss-reactive ketones (excluding diaryl/α,β-unsaturated/α-hetero) is 1. The molecule has 2 aliphatic heterocycles. The molecule has 9 heteroatoms. The standard InChI is InChI=1S/C24H23NO8/c1-30-10-9-25-20(14-3-5-15(6-4-14)24(29)31-2)19(22(27)23(25)28)21(26)16-7-8-17-18(13-16)33-12-11-32-17/h3-8,13,20,26H,9-12H2,1-2H3/b21-19-. The second-order valence-electron chi connectivity index (χ2n) is 7.46. The van der Waals surface area contributed by atoms with E-state index in [-0.39, 0.29) is 24.5 Å². The van der Waals surface area contributed by atoms with Crippen molar-refractivity contribution < 1.29 is 38.4 Å². The number of rotatable bonds is 6. The minimum Gasteiger partial charge on any atom is -0.507 e. The van der Waals surface area contributed by atoms with Crippen molar-refractivity contribution in [2.75, 3.05) is 40.6 Å². The molecular weight excluding hydrogens is 430 g/mol. The lowest BCUT2D eigenvalue weighted by atomic mass is 9.94. The first-order valence-corrected chi connectivity index (χ1v) is 10.3. The van der Waals surface area contributed by atoms with Crippen molar-refractivity contribution >= 4 is 23.4 Å². The number of esters is 1. The Kier molecular flexibility index (Phi) is 6.32. The van der Waals surface area contributed by atoms with E-state index in [1.807, 2.05) is 0 Å². The third-order valence-electron chi connectivity index (χ3n) is 5.54. The molecule has 1 unspecified atom stereocenters. The van der Waals surface area contributed by atoms with Crippen LogP contribution in [0.2, 0.25) is 0 Å². The fourth-order valence-electron chi connectivity index (χ4n) is 3.91. The van der Waals surface area contributed by atoms with Crippen molar-refractivity contribution in [3.8, 4) is 11.5 Å². The Morgan fingerprint density at radius 1 is 1.03 bits per heavy atom. The van der Waals surface area contributed by atoms with Crippen molar-refractivity contribution in [1.29, 1.82) is 0 Å². The van der Waals surface area contributed by atoms with Gasteiger partial charge >= 0.3 is 5.97 Å². The largest absolute Gasteiger partial charge is 0.507 e. The van der Waals surface area contributed by atoms with Gasteiger partial charge < -0.3 is 29.0 Å². The summed E-state index contributed by atoms with van der Waals surface area (Å²) in [5.74, 6) is -1.40. The Labute approximate surface area is 190 Å². The van der Waals surface area contributed by atoms with Gasteiger partial charge in [0, 0.05) is 19.2 Å². The van der Waals surface area contributed by atoms with Crippen molar-refractivity contribution in [2.45, 2.75) is 6.04 Å². The number of hydrogen-bond acceptors (Lipinski definition) is 8. The highest BCUT2D eigenvalue weighted by Crippen LogP contribution is 2.41. The molecule has 0 bridgehead atoms. The van der Waals surface area contributed by atoms with Crippen LogP contribution in [0.15, 0.2) is 48.0 Å². The number of nitrogens with zero attached hydrogens (tertiary/aromatic N) is 1. The van der Waals surface area contributed by atoms with Crippen molar-refractivity contribution in [3.63, 3.8) is 0 Å². The fraction of sp³-hybridized carbons (Fsp3) is 0.292. The van der Waals surface area contributed by atoms with Crippen LogP contribution in [0.5, 0.6) is 11.5 Å². The molecular formula is C24H23NO8. The summed E-state index contributed by atoms with van der Waals surface area (Å²) >= 11 is 0. The number of amides is 1. The van der Waals surface area contributed by atoms with Crippen LogP contribution in [0.3, 0.4) is 0 Å². The van der Waals surface area contributed by atoms with E-state index in [1.54, 1.807) is 42.5 Å². The van der Waals surface area contributed by atoms with Gasteiger partial charge in [-0.25, -0.2) is 4.79 Å². The van der Waals surface area contributed by atoms with Crippen molar-refractivity contribution in [3.05, 3.63) is 64.7 Å². The smallest absolute Gasteiger partial charge is 0.337 e. The number of aliphatic hydroxyl groups excluding tert-OH is 1. The maximum Gasteiger partial charge on any atom is 0.337 e. The number of ether oxygens (including phenoxy) is 4. The molecule has 1 amide bonds. The number of aliphatic hydroxyl groups is 1. The lowest BCUT2D eigenvalue weighted by Gasteiger charge is -2.25. The summed E-state index contributed by atoms with van der Waals surface area (Å²) in [6.07, 6.45) is 0. The van der Waals surface area contributed by atoms with Crippen LogP contribution < -0.4 is 9.47 Å². The quantitative estimate of drug-likeness (QED) is 0.307. The van der Waals surface area contributed by atoms with E-state index in [4.69, 9.17) is 18.9 Å².